The minimum Gasteiger partial charge on any atom is -0.465 e. The molecule has 0 radical (unpaired) electrons. The molecule has 1 amide bonds. The molecule has 2 N–H and O–H groups in total. The number of hydrogen-bond donors (Lipinski definition) is 2. The fraction of sp³-hybridized carbons (Fsp3) is 0.300. The summed E-state index contributed by atoms with van der Waals surface area (Å²) in [4.78, 5) is 24.3. The normalized spacial score (nSPS) is 16.0. The Morgan fingerprint density at radius 3 is 2.70 bits per heavy atom. The van der Waals surface area contributed by atoms with Crippen LogP contribution in [0, 0.1) is 6.92 Å². The lowest BCUT2D eigenvalue weighted by molar-refractivity contribution is -0.124. The quantitative estimate of drug-likeness (QED) is 0.747. The van der Waals surface area contributed by atoms with Crippen LogP contribution in [0.1, 0.15) is 28.8 Å². The van der Waals surface area contributed by atoms with Crippen molar-refractivity contribution in [3.05, 3.63) is 52.5 Å². The van der Waals surface area contributed by atoms with Crippen LogP contribution in [0.3, 0.4) is 0 Å². The molecule has 0 saturated carbocycles. The highest BCUT2D eigenvalue weighted by Crippen LogP contribution is 2.31. The molecule has 1 atom stereocenters. The second kappa shape index (κ2) is 8.41. The third-order valence-electron chi connectivity index (χ3n) is 4.47. The van der Waals surface area contributed by atoms with Gasteiger partial charge in [-0.25, -0.2) is 4.79 Å². The SMILES string of the molecule is COC(=O)c1cccc(Nc2ccc(Cl)cc2NC(=O)[C@H]2CCCO2)c1C. The Morgan fingerprint density at radius 1 is 1.19 bits per heavy atom. The van der Waals surface area contributed by atoms with Gasteiger partial charge in [-0.15, -0.1) is 0 Å². The lowest BCUT2D eigenvalue weighted by atomic mass is 10.1. The first-order valence-electron chi connectivity index (χ1n) is 8.66. The summed E-state index contributed by atoms with van der Waals surface area (Å²) in [7, 11) is 1.35. The van der Waals surface area contributed by atoms with Crippen molar-refractivity contribution in [1.82, 2.24) is 0 Å². The molecule has 1 saturated heterocycles. The number of methoxy groups -OCH3 is 1. The first kappa shape index (κ1) is 19.2. The Hall–Kier alpha value is -2.57. The molecule has 1 aliphatic heterocycles. The first-order chi connectivity index (χ1) is 13.0. The third kappa shape index (κ3) is 4.40. The minimum absolute atomic E-state index is 0.196. The topological polar surface area (TPSA) is 76.7 Å². The van der Waals surface area contributed by atoms with E-state index in [9.17, 15) is 9.59 Å². The number of carbonyl (C=O) groups is 2. The molecule has 2 aromatic rings. The van der Waals surface area contributed by atoms with Crippen molar-refractivity contribution in [2.24, 2.45) is 0 Å². The van der Waals surface area contributed by atoms with Gasteiger partial charge in [-0.2, -0.15) is 0 Å². The maximum atomic E-state index is 12.4. The summed E-state index contributed by atoms with van der Waals surface area (Å²) in [6.07, 6.45) is 1.13. The number of rotatable bonds is 5. The fourth-order valence-corrected chi connectivity index (χ4v) is 3.15. The number of carbonyl (C=O) groups excluding carboxylic acids is 2. The molecule has 7 heteroatoms. The van der Waals surface area contributed by atoms with Gasteiger partial charge in [-0.3, -0.25) is 4.79 Å². The molecule has 0 aliphatic carbocycles. The Morgan fingerprint density at radius 2 is 2.00 bits per heavy atom. The zero-order valence-corrected chi connectivity index (χ0v) is 15.9. The lowest BCUT2D eigenvalue weighted by Crippen LogP contribution is -2.27. The predicted molar refractivity (Wildman–Crippen MR) is 105 cm³/mol. The highest BCUT2D eigenvalue weighted by Gasteiger charge is 2.24. The van der Waals surface area contributed by atoms with Gasteiger partial charge in [0.1, 0.15) is 6.10 Å². The summed E-state index contributed by atoms with van der Waals surface area (Å²) in [5.41, 5.74) is 3.16. The van der Waals surface area contributed by atoms with Crippen molar-refractivity contribution in [1.29, 1.82) is 0 Å². The summed E-state index contributed by atoms with van der Waals surface area (Å²) in [6.45, 7) is 2.42. The average molecular weight is 389 g/mol. The molecule has 0 aromatic heterocycles. The van der Waals surface area contributed by atoms with E-state index in [0.717, 1.165) is 17.7 Å². The standard InChI is InChI=1S/C20H21ClN2O4/c1-12-14(20(25)26-2)5-3-6-15(12)22-16-9-8-13(21)11-17(16)23-19(24)18-7-4-10-27-18/h3,5-6,8-9,11,18,22H,4,7,10H2,1-2H3,(H,23,24)/t18-/m1/s1. The van der Waals surface area contributed by atoms with Gasteiger partial charge in [-0.05, 0) is 55.7 Å². The Balaban J connectivity index is 1.87. The van der Waals surface area contributed by atoms with Crippen LogP contribution >= 0.6 is 11.6 Å². The van der Waals surface area contributed by atoms with E-state index in [4.69, 9.17) is 21.1 Å². The lowest BCUT2D eigenvalue weighted by Gasteiger charge is -2.17. The van der Waals surface area contributed by atoms with Crippen LogP contribution < -0.4 is 10.6 Å². The van der Waals surface area contributed by atoms with Crippen LogP contribution in [0.2, 0.25) is 5.02 Å². The molecule has 0 bridgehead atoms. The molecule has 27 heavy (non-hydrogen) atoms. The molecule has 0 spiro atoms. The third-order valence-corrected chi connectivity index (χ3v) is 4.71. The number of halogens is 1. The van der Waals surface area contributed by atoms with Gasteiger partial charge >= 0.3 is 5.97 Å². The van der Waals surface area contributed by atoms with Gasteiger partial charge in [0.2, 0.25) is 0 Å². The van der Waals surface area contributed by atoms with E-state index in [1.54, 1.807) is 30.3 Å². The van der Waals surface area contributed by atoms with E-state index in [1.165, 1.54) is 7.11 Å². The summed E-state index contributed by atoms with van der Waals surface area (Å²) in [6, 6.07) is 10.5. The Labute approximate surface area is 162 Å². The van der Waals surface area contributed by atoms with Gasteiger partial charge in [0.25, 0.3) is 5.91 Å². The molecule has 6 nitrogen and oxygen atoms in total. The van der Waals surface area contributed by atoms with Gasteiger partial charge in [-0.1, -0.05) is 17.7 Å². The minimum atomic E-state index is -0.443. The van der Waals surface area contributed by atoms with Gasteiger partial charge in [0.05, 0.1) is 24.0 Å². The van der Waals surface area contributed by atoms with Crippen LogP contribution in [-0.4, -0.2) is 31.7 Å². The molecule has 142 valence electrons. The van der Waals surface area contributed by atoms with Crippen molar-refractivity contribution in [3.63, 3.8) is 0 Å². The molecule has 0 unspecified atom stereocenters. The molecule has 1 aliphatic rings. The number of amides is 1. The van der Waals surface area contributed by atoms with E-state index >= 15 is 0 Å². The maximum absolute atomic E-state index is 12.4. The van der Waals surface area contributed by atoms with Gasteiger partial charge in [0.15, 0.2) is 0 Å². The number of hydrogen-bond acceptors (Lipinski definition) is 5. The molecule has 2 aromatic carbocycles. The molecule has 3 rings (SSSR count). The number of benzene rings is 2. The molecular formula is C20H21ClN2O4. The zero-order valence-electron chi connectivity index (χ0n) is 15.2. The average Bonchev–Trinajstić information content (AvgIpc) is 3.19. The molecular weight excluding hydrogens is 368 g/mol. The molecule has 1 heterocycles. The van der Waals surface area contributed by atoms with Crippen molar-refractivity contribution < 1.29 is 19.1 Å². The largest absolute Gasteiger partial charge is 0.465 e. The maximum Gasteiger partial charge on any atom is 0.338 e. The van der Waals surface area contributed by atoms with Crippen LogP contribution in [0.15, 0.2) is 36.4 Å². The molecule has 1 fully saturated rings. The van der Waals surface area contributed by atoms with Crippen molar-refractivity contribution in [2.75, 3.05) is 24.4 Å². The zero-order chi connectivity index (χ0) is 19.4. The van der Waals surface area contributed by atoms with Gasteiger partial charge < -0.3 is 20.1 Å². The summed E-state index contributed by atoms with van der Waals surface area (Å²) >= 11 is 6.11. The predicted octanol–water partition coefficient (Wildman–Crippen LogP) is 4.30. The first-order valence-corrected chi connectivity index (χ1v) is 9.04. The Kier molecular flexibility index (Phi) is 5.98. The smallest absolute Gasteiger partial charge is 0.338 e. The van der Waals surface area contributed by atoms with Crippen molar-refractivity contribution in [3.8, 4) is 0 Å². The second-order valence-corrected chi connectivity index (χ2v) is 6.71. The van der Waals surface area contributed by atoms with E-state index in [1.807, 2.05) is 13.0 Å². The van der Waals surface area contributed by atoms with Crippen LogP contribution in [0.5, 0.6) is 0 Å². The second-order valence-electron chi connectivity index (χ2n) is 6.28. The highest BCUT2D eigenvalue weighted by atomic mass is 35.5. The van der Waals surface area contributed by atoms with Gasteiger partial charge in [0, 0.05) is 17.3 Å². The summed E-state index contributed by atoms with van der Waals surface area (Å²) in [5, 5.41) is 6.64. The van der Waals surface area contributed by atoms with E-state index in [0.29, 0.717) is 35.0 Å². The monoisotopic (exact) mass is 388 g/mol. The van der Waals surface area contributed by atoms with E-state index in [2.05, 4.69) is 10.6 Å². The van der Waals surface area contributed by atoms with Crippen LogP contribution in [0.4, 0.5) is 17.1 Å². The van der Waals surface area contributed by atoms with E-state index in [-0.39, 0.29) is 5.91 Å². The number of ether oxygens (including phenoxy) is 2. The highest BCUT2D eigenvalue weighted by molar-refractivity contribution is 6.31. The van der Waals surface area contributed by atoms with Crippen molar-refractivity contribution in [2.45, 2.75) is 25.9 Å². The van der Waals surface area contributed by atoms with Crippen LogP contribution in [0.25, 0.3) is 0 Å². The fourth-order valence-electron chi connectivity index (χ4n) is 2.97. The van der Waals surface area contributed by atoms with E-state index < -0.39 is 12.1 Å². The number of nitrogens with one attached hydrogen (secondary N) is 2. The van der Waals surface area contributed by atoms with Crippen LogP contribution in [-0.2, 0) is 14.3 Å². The summed E-state index contributed by atoms with van der Waals surface area (Å²) in [5.74, 6) is -0.600. The number of esters is 1. The summed E-state index contributed by atoms with van der Waals surface area (Å²) < 4.78 is 10.2. The Bertz CT molecular complexity index is 863. The number of anilines is 3. The van der Waals surface area contributed by atoms with Crippen molar-refractivity contribution >= 4 is 40.5 Å².